The van der Waals surface area contributed by atoms with E-state index in [2.05, 4.69) is 5.32 Å². The minimum absolute atomic E-state index is 0.0000926. The quantitative estimate of drug-likeness (QED) is 0.769. The van der Waals surface area contributed by atoms with Gasteiger partial charge in [-0.2, -0.15) is 0 Å². The van der Waals surface area contributed by atoms with E-state index in [9.17, 15) is 9.59 Å². The summed E-state index contributed by atoms with van der Waals surface area (Å²) in [4.78, 5) is 26.3. The van der Waals surface area contributed by atoms with Gasteiger partial charge in [0.15, 0.2) is 0 Å². The Morgan fingerprint density at radius 2 is 2.06 bits per heavy atom. The summed E-state index contributed by atoms with van der Waals surface area (Å²) in [5.74, 6) is -0.0444. The summed E-state index contributed by atoms with van der Waals surface area (Å²) in [7, 11) is 1.60. The highest BCUT2D eigenvalue weighted by Crippen LogP contribution is 2.23. The molecule has 104 valence electrons. The van der Waals surface area contributed by atoms with Gasteiger partial charge >= 0.3 is 0 Å². The standard InChI is InChI=1S/C13H24N2O3/c1-5-7-10-11(16)14-13(3,6-2)12(17)15(10)8-9-18-4/h10H,5-9H2,1-4H3,(H,14,16). The molecule has 5 heteroatoms. The second kappa shape index (κ2) is 6.18. The molecular weight excluding hydrogens is 232 g/mol. The first-order chi connectivity index (χ1) is 8.50. The zero-order valence-electron chi connectivity index (χ0n) is 11.8. The second-order valence-electron chi connectivity index (χ2n) is 4.97. The van der Waals surface area contributed by atoms with Crippen LogP contribution < -0.4 is 5.32 Å². The number of rotatable bonds is 6. The molecule has 0 aromatic carbocycles. The van der Waals surface area contributed by atoms with E-state index in [1.165, 1.54) is 0 Å². The molecule has 2 unspecified atom stereocenters. The van der Waals surface area contributed by atoms with Gasteiger partial charge in [0.2, 0.25) is 11.8 Å². The van der Waals surface area contributed by atoms with Crippen molar-refractivity contribution < 1.29 is 14.3 Å². The van der Waals surface area contributed by atoms with Crippen LogP contribution >= 0.6 is 0 Å². The van der Waals surface area contributed by atoms with Crippen molar-refractivity contribution in [3.63, 3.8) is 0 Å². The van der Waals surface area contributed by atoms with Crippen molar-refractivity contribution in [2.75, 3.05) is 20.3 Å². The molecule has 2 amide bonds. The van der Waals surface area contributed by atoms with E-state index in [4.69, 9.17) is 4.74 Å². The lowest BCUT2D eigenvalue weighted by atomic mass is 9.90. The topological polar surface area (TPSA) is 58.6 Å². The fraction of sp³-hybridized carbons (Fsp3) is 0.846. The van der Waals surface area contributed by atoms with Gasteiger partial charge in [-0.1, -0.05) is 20.3 Å². The number of hydrogen-bond acceptors (Lipinski definition) is 3. The average Bonchev–Trinajstić information content (AvgIpc) is 2.35. The monoisotopic (exact) mass is 256 g/mol. The molecule has 1 N–H and O–H groups in total. The Kier molecular flexibility index (Phi) is 5.14. The summed E-state index contributed by atoms with van der Waals surface area (Å²) in [5, 5.41) is 2.86. The van der Waals surface area contributed by atoms with Crippen LogP contribution in [0.3, 0.4) is 0 Å². The molecule has 1 saturated heterocycles. The van der Waals surface area contributed by atoms with Crippen molar-refractivity contribution in [1.82, 2.24) is 10.2 Å². The number of amides is 2. The third-order valence-corrected chi connectivity index (χ3v) is 3.62. The highest BCUT2D eigenvalue weighted by molar-refractivity contribution is 5.99. The Bertz CT molecular complexity index is 319. The molecule has 5 nitrogen and oxygen atoms in total. The SMILES string of the molecule is CCCC1C(=O)NC(C)(CC)C(=O)N1CCOC. The molecule has 0 aromatic heterocycles. The lowest BCUT2D eigenvalue weighted by Gasteiger charge is -2.44. The van der Waals surface area contributed by atoms with E-state index in [1.807, 2.05) is 13.8 Å². The number of ether oxygens (including phenoxy) is 1. The van der Waals surface area contributed by atoms with Crippen LogP contribution in [0.2, 0.25) is 0 Å². The maximum atomic E-state index is 12.5. The maximum absolute atomic E-state index is 12.5. The van der Waals surface area contributed by atoms with Crippen molar-refractivity contribution in [3.8, 4) is 0 Å². The molecule has 1 heterocycles. The predicted molar refractivity (Wildman–Crippen MR) is 69.1 cm³/mol. The minimum Gasteiger partial charge on any atom is -0.383 e. The van der Waals surface area contributed by atoms with Gasteiger partial charge in [0.1, 0.15) is 11.6 Å². The Balaban J connectivity index is 2.93. The fourth-order valence-electron chi connectivity index (χ4n) is 2.26. The van der Waals surface area contributed by atoms with E-state index in [0.717, 1.165) is 6.42 Å². The van der Waals surface area contributed by atoms with Crippen LogP contribution in [0.5, 0.6) is 0 Å². The Morgan fingerprint density at radius 1 is 1.39 bits per heavy atom. The van der Waals surface area contributed by atoms with Gasteiger partial charge < -0.3 is 15.0 Å². The predicted octanol–water partition coefficient (Wildman–Crippen LogP) is 0.929. The van der Waals surface area contributed by atoms with Gasteiger partial charge in [-0.05, 0) is 19.8 Å². The molecule has 0 spiro atoms. The molecule has 18 heavy (non-hydrogen) atoms. The molecule has 0 radical (unpaired) electrons. The second-order valence-corrected chi connectivity index (χ2v) is 4.97. The summed E-state index contributed by atoms with van der Waals surface area (Å²) < 4.78 is 5.03. The van der Waals surface area contributed by atoms with Crippen LogP contribution in [-0.4, -0.2) is 48.6 Å². The molecule has 2 atom stereocenters. The van der Waals surface area contributed by atoms with Crippen molar-refractivity contribution >= 4 is 11.8 Å². The van der Waals surface area contributed by atoms with Gasteiger partial charge in [-0.15, -0.1) is 0 Å². The highest BCUT2D eigenvalue weighted by Gasteiger charge is 2.46. The number of methoxy groups -OCH3 is 1. The van der Waals surface area contributed by atoms with E-state index in [-0.39, 0.29) is 17.9 Å². The van der Waals surface area contributed by atoms with Crippen LogP contribution in [0.15, 0.2) is 0 Å². The molecule has 1 fully saturated rings. The first kappa shape index (κ1) is 15.0. The maximum Gasteiger partial charge on any atom is 0.248 e. The van der Waals surface area contributed by atoms with Gasteiger partial charge in [0.25, 0.3) is 0 Å². The molecule has 0 saturated carbocycles. The molecule has 0 aromatic rings. The summed E-state index contributed by atoms with van der Waals surface area (Å²) in [6, 6.07) is -0.350. The number of hydrogen-bond donors (Lipinski definition) is 1. The zero-order valence-corrected chi connectivity index (χ0v) is 11.8. The van der Waals surface area contributed by atoms with Crippen LogP contribution in [0.1, 0.15) is 40.0 Å². The van der Waals surface area contributed by atoms with Gasteiger partial charge in [-0.3, -0.25) is 9.59 Å². The Labute approximate surface area is 109 Å². The average molecular weight is 256 g/mol. The van der Waals surface area contributed by atoms with Crippen molar-refractivity contribution in [2.45, 2.75) is 51.6 Å². The smallest absolute Gasteiger partial charge is 0.248 e. The lowest BCUT2D eigenvalue weighted by Crippen LogP contribution is -2.69. The molecule has 1 aliphatic heterocycles. The first-order valence-corrected chi connectivity index (χ1v) is 6.62. The lowest BCUT2D eigenvalue weighted by molar-refractivity contribution is -0.155. The summed E-state index contributed by atoms with van der Waals surface area (Å²) in [5.41, 5.74) is -0.769. The van der Waals surface area contributed by atoms with Crippen molar-refractivity contribution in [3.05, 3.63) is 0 Å². The van der Waals surface area contributed by atoms with Crippen molar-refractivity contribution in [2.24, 2.45) is 0 Å². The largest absolute Gasteiger partial charge is 0.383 e. The number of nitrogens with one attached hydrogen (secondary N) is 1. The van der Waals surface area contributed by atoms with Crippen LogP contribution in [0.25, 0.3) is 0 Å². The Morgan fingerprint density at radius 3 is 2.56 bits per heavy atom. The number of carbonyl (C=O) groups is 2. The molecule has 0 bridgehead atoms. The third kappa shape index (κ3) is 2.83. The van der Waals surface area contributed by atoms with E-state index in [0.29, 0.717) is 26.0 Å². The molecular formula is C13H24N2O3. The van der Waals surface area contributed by atoms with Crippen molar-refractivity contribution in [1.29, 1.82) is 0 Å². The van der Waals surface area contributed by atoms with Crippen LogP contribution in [-0.2, 0) is 14.3 Å². The minimum atomic E-state index is -0.769. The van der Waals surface area contributed by atoms with Gasteiger partial charge in [-0.25, -0.2) is 0 Å². The van der Waals surface area contributed by atoms with E-state index < -0.39 is 5.54 Å². The summed E-state index contributed by atoms with van der Waals surface area (Å²) in [6.07, 6.45) is 2.17. The molecule has 1 aliphatic rings. The van der Waals surface area contributed by atoms with E-state index >= 15 is 0 Å². The summed E-state index contributed by atoms with van der Waals surface area (Å²) >= 11 is 0. The Hall–Kier alpha value is -1.10. The molecule has 1 rings (SSSR count). The normalized spacial score (nSPS) is 28.4. The van der Waals surface area contributed by atoms with E-state index in [1.54, 1.807) is 18.9 Å². The molecule has 0 aliphatic carbocycles. The first-order valence-electron chi connectivity index (χ1n) is 6.62. The summed E-state index contributed by atoms with van der Waals surface area (Å²) in [6.45, 7) is 6.64. The zero-order chi connectivity index (χ0) is 13.8. The van der Waals surface area contributed by atoms with Crippen LogP contribution in [0.4, 0.5) is 0 Å². The third-order valence-electron chi connectivity index (χ3n) is 3.62. The fourth-order valence-corrected chi connectivity index (χ4v) is 2.26. The van der Waals surface area contributed by atoms with Gasteiger partial charge in [0, 0.05) is 13.7 Å². The number of nitrogens with zero attached hydrogens (tertiary/aromatic N) is 1. The number of carbonyl (C=O) groups excluding carboxylic acids is 2. The highest BCUT2D eigenvalue weighted by atomic mass is 16.5. The van der Waals surface area contributed by atoms with Crippen LogP contribution in [0, 0.1) is 0 Å². The number of piperazine rings is 1. The van der Waals surface area contributed by atoms with Gasteiger partial charge in [0.05, 0.1) is 6.61 Å².